The zero-order valence-corrected chi connectivity index (χ0v) is 16.2. The Balaban J connectivity index is 1.84. The van der Waals surface area contributed by atoms with Gasteiger partial charge in [-0.1, -0.05) is 60.1 Å². The van der Waals surface area contributed by atoms with Gasteiger partial charge in [-0.25, -0.2) is 0 Å². The Morgan fingerprint density at radius 1 is 1.00 bits per heavy atom. The molecule has 2 N–H and O–H groups in total. The number of nitrogens with one attached hydrogen (secondary N) is 2. The highest BCUT2D eigenvalue weighted by atomic mass is 35.5. The fraction of sp³-hybridized carbons (Fsp3) is 0.190. The molecule has 0 aliphatic heterocycles. The van der Waals surface area contributed by atoms with Crippen LogP contribution in [0.25, 0.3) is 11.3 Å². The van der Waals surface area contributed by atoms with Crippen molar-refractivity contribution in [2.24, 2.45) is 0 Å². The monoisotopic (exact) mass is 396 g/mol. The van der Waals surface area contributed by atoms with Gasteiger partial charge in [-0.2, -0.15) is 5.10 Å². The van der Waals surface area contributed by atoms with E-state index in [1.807, 2.05) is 54.6 Å². The standard InChI is InChI=1S/C21H21ClN4O2/c1-15(27)23-11-12-24-21(28)18-14-26(13-17-9-5-6-10-19(17)22)25-20(18)16-7-3-2-4-8-16/h2-10,14H,11-13H2,1H3,(H,23,27)(H,24,28). The van der Waals surface area contributed by atoms with Gasteiger partial charge in [0.2, 0.25) is 5.91 Å². The van der Waals surface area contributed by atoms with E-state index in [1.54, 1.807) is 10.9 Å². The Kier molecular flexibility index (Phi) is 6.45. The van der Waals surface area contributed by atoms with E-state index in [0.29, 0.717) is 35.9 Å². The lowest BCUT2D eigenvalue weighted by Crippen LogP contribution is -2.33. The highest BCUT2D eigenvalue weighted by Crippen LogP contribution is 2.23. The second-order valence-electron chi connectivity index (χ2n) is 6.29. The largest absolute Gasteiger partial charge is 0.355 e. The summed E-state index contributed by atoms with van der Waals surface area (Å²) in [7, 11) is 0. The average molecular weight is 397 g/mol. The first-order chi connectivity index (χ1) is 13.5. The zero-order valence-electron chi connectivity index (χ0n) is 15.5. The first kappa shape index (κ1) is 19.6. The van der Waals surface area contributed by atoms with Crippen LogP contribution in [0.3, 0.4) is 0 Å². The highest BCUT2D eigenvalue weighted by Gasteiger charge is 2.18. The summed E-state index contributed by atoms with van der Waals surface area (Å²) < 4.78 is 1.71. The van der Waals surface area contributed by atoms with Crippen LogP contribution in [0, 0.1) is 0 Å². The summed E-state index contributed by atoms with van der Waals surface area (Å²) in [6.07, 6.45) is 1.72. The molecule has 6 nitrogen and oxygen atoms in total. The van der Waals surface area contributed by atoms with Gasteiger partial charge in [0.25, 0.3) is 5.91 Å². The summed E-state index contributed by atoms with van der Waals surface area (Å²) >= 11 is 6.26. The third-order valence-corrected chi connectivity index (χ3v) is 4.50. The molecule has 28 heavy (non-hydrogen) atoms. The molecule has 0 bridgehead atoms. The molecule has 1 heterocycles. The molecule has 3 aromatic rings. The van der Waals surface area contributed by atoms with Crippen molar-refractivity contribution in [2.75, 3.05) is 13.1 Å². The molecule has 144 valence electrons. The predicted octanol–water partition coefficient (Wildman–Crippen LogP) is 3.12. The summed E-state index contributed by atoms with van der Waals surface area (Å²) in [5.74, 6) is -0.374. The summed E-state index contributed by atoms with van der Waals surface area (Å²) in [5.41, 5.74) is 2.85. The van der Waals surface area contributed by atoms with Crippen LogP contribution in [-0.4, -0.2) is 34.7 Å². The lowest BCUT2D eigenvalue weighted by atomic mass is 10.1. The minimum absolute atomic E-state index is 0.133. The second-order valence-corrected chi connectivity index (χ2v) is 6.69. The second kappa shape index (κ2) is 9.19. The SMILES string of the molecule is CC(=O)NCCNC(=O)c1cn(Cc2ccccc2Cl)nc1-c1ccccc1. The fourth-order valence-corrected chi connectivity index (χ4v) is 2.98. The summed E-state index contributed by atoms with van der Waals surface area (Å²) in [6, 6.07) is 17.1. The van der Waals surface area contributed by atoms with Crippen LogP contribution in [0.1, 0.15) is 22.8 Å². The minimum atomic E-state index is -0.241. The number of halogens is 1. The molecular weight excluding hydrogens is 376 g/mol. The molecule has 1 aromatic heterocycles. The van der Waals surface area contributed by atoms with Crippen molar-refractivity contribution in [1.29, 1.82) is 0 Å². The molecule has 7 heteroatoms. The van der Waals surface area contributed by atoms with Crippen LogP contribution < -0.4 is 10.6 Å². The zero-order chi connectivity index (χ0) is 19.9. The van der Waals surface area contributed by atoms with Crippen molar-refractivity contribution < 1.29 is 9.59 Å². The number of hydrogen-bond acceptors (Lipinski definition) is 3. The quantitative estimate of drug-likeness (QED) is 0.602. The smallest absolute Gasteiger partial charge is 0.255 e. The first-order valence-electron chi connectivity index (χ1n) is 8.93. The number of rotatable bonds is 7. The van der Waals surface area contributed by atoms with Crippen LogP contribution in [0.5, 0.6) is 0 Å². The van der Waals surface area contributed by atoms with Gasteiger partial charge in [0.05, 0.1) is 12.1 Å². The Hall–Kier alpha value is -3.12. The topological polar surface area (TPSA) is 76.0 Å². The van der Waals surface area contributed by atoms with Crippen molar-refractivity contribution in [3.05, 3.63) is 76.9 Å². The van der Waals surface area contributed by atoms with Crippen LogP contribution >= 0.6 is 11.6 Å². The van der Waals surface area contributed by atoms with Gasteiger partial charge < -0.3 is 10.6 Å². The van der Waals surface area contributed by atoms with Crippen LogP contribution in [0.15, 0.2) is 60.8 Å². The Morgan fingerprint density at radius 2 is 1.68 bits per heavy atom. The van der Waals surface area contributed by atoms with Gasteiger partial charge >= 0.3 is 0 Å². The van der Waals surface area contributed by atoms with E-state index in [0.717, 1.165) is 11.1 Å². The molecule has 2 aromatic carbocycles. The Labute approximate surface area is 168 Å². The minimum Gasteiger partial charge on any atom is -0.355 e. The summed E-state index contributed by atoms with van der Waals surface area (Å²) in [6.45, 7) is 2.60. The summed E-state index contributed by atoms with van der Waals surface area (Å²) in [4.78, 5) is 23.7. The first-order valence-corrected chi connectivity index (χ1v) is 9.31. The molecule has 0 aliphatic rings. The molecule has 0 aliphatic carbocycles. The van der Waals surface area contributed by atoms with E-state index in [1.165, 1.54) is 6.92 Å². The van der Waals surface area contributed by atoms with Gasteiger partial charge in [0.15, 0.2) is 0 Å². The number of hydrogen-bond donors (Lipinski definition) is 2. The molecule has 0 atom stereocenters. The molecule has 0 saturated heterocycles. The van der Waals surface area contributed by atoms with Crippen LogP contribution in [0.4, 0.5) is 0 Å². The molecule has 3 rings (SSSR count). The van der Waals surface area contributed by atoms with Crippen molar-refractivity contribution in [1.82, 2.24) is 20.4 Å². The summed E-state index contributed by atoms with van der Waals surface area (Å²) in [5, 5.41) is 10.7. The highest BCUT2D eigenvalue weighted by molar-refractivity contribution is 6.31. The average Bonchev–Trinajstić information content (AvgIpc) is 3.11. The number of carbonyl (C=O) groups excluding carboxylic acids is 2. The van der Waals surface area contributed by atoms with Crippen molar-refractivity contribution >= 4 is 23.4 Å². The van der Waals surface area contributed by atoms with Crippen molar-refractivity contribution in [3.63, 3.8) is 0 Å². The molecule has 2 amide bonds. The van der Waals surface area contributed by atoms with E-state index < -0.39 is 0 Å². The van der Waals surface area contributed by atoms with E-state index in [2.05, 4.69) is 15.7 Å². The lowest BCUT2D eigenvalue weighted by Gasteiger charge is -2.06. The van der Waals surface area contributed by atoms with E-state index >= 15 is 0 Å². The number of aromatic nitrogens is 2. The van der Waals surface area contributed by atoms with Crippen LogP contribution in [-0.2, 0) is 11.3 Å². The van der Waals surface area contributed by atoms with E-state index in [-0.39, 0.29) is 11.8 Å². The molecule has 0 fully saturated rings. The Morgan fingerprint density at radius 3 is 2.39 bits per heavy atom. The van der Waals surface area contributed by atoms with Gasteiger partial charge in [-0.15, -0.1) is 0 Å². The number of nitrogens with zero attached hydrogens (tertiary/aromatic N) is 2. The maximum Gasteiger partial charge on any atom is 0.255 e. The Bertz CT molecular complexity index is 970. The lowest BCUT2D eigenvalue weighted by molar-refractivity contribution is -0.118. The third-order valence-electron chi connectivity index (χ3n) is 4.13. The fourth-order valence-electron chi connectivity index (χ4n) is 2.79. The number of benzene rings is 2. The predicted molar refractivity (Wildman–Crippen MR) is 109 cm³/mol. The number of amides is 2. The van der Waals surface area contributed by atoms with Gasteiger partial charge in [0.1, 0.15) is 5.69 Å². The van der Waals surface area contributed by atoms with E-state index in [4.69, 9.17) is 11.6 Å². The van der Waals surface area contributed by atoms with Gasteiger partial charge in [0, 0.05) is 36.8 Å². The molecule has 0 unspecified atom stereocenters. The number of carbonyl (C=O) groups is 2. The third kappa shape index (κ3) is 4.98. The molecule has 0 radical (unpaired) electrons. The van der Waals surface area contributed by atoms with Gasteiger partial charge in [-0.05, 0) is 11.6 Å². The molecule has 0 spiro atoms. The van der Waals surface area contributed by atoms with Gasteiger partial charge in [-0.3, -0.25) is 14.3 Å². The van der Waals surface area contributed by atoms with Crippen molar-refractivity contribution in [3.8, 4) is 11.3 Å². The normalized spacial score (nSPS) is 10.5. The molecular formula is C21H21ClN4O2. The maximum atomic E-state index is 12.7. The molecule has 0 saturated carbocycles. The van der Waals surface area contributed by atoms with Crippen molar-refractivity contribution in [2.45, 2.75) is 13.5 Å². The van der Waals surface area contributed by atoms with Crippen LogP contribution in [0.2, 0.25) is 5.02 Å². The maximum absolute atomic E-state index is 12.7. The van der Waals surface area contributed by atoms with E-state index in [9.17, 15) is 9.59 Å².